The van der Waals surface area contributed by atoms with Crippen molar-refractivity contribution in [3.63, 3.8) is 0 Å². The Morgan fingerprint density at radius 1 is 1.35 bits per heavy atom. The van der Waals surface area contributed by atoms with E-state index in [4.69, 9.17) is 0 Å². The molecular weight excluding hydrogens is 318 g/mol. The summed E-state index contributed by atoms with van der Waals surface area (Å²) in [5.74, 6) is 0.463. The number of nitrogens with zero attached hydrogens (tertiary/aromatic N) is 2. The summed E-state index contributed by atoms with van der Waals surface area (Å²) in [5, 5.41) is 4.02. The van der Waals surface area contributed by atoms with Gasteiger partial charge in [0, 0.05) is 23.8 Å². The van der Waals surface area contributed by atoms with Crippen molar-refractivity contribution in [1.82, 2.24) is 15.3 Å². The lowest BCUT2D eigenvalue weighted by Crippen LogP contribution is -2.36. The summed E-state index contributed by atoms with van der Waals surface area (Å²) in [6, 6.07) is 3.92. The molecule has 5 heteroatoms. The number of aromatic nitrogens is 2. The van der Waals surface area contributed by atoms with Gasteiger partial charge >= 0.3 is 0 Å². The van der Waals surface area contributed by atoms with Crippen LogP contribution >= 0.6 is 15.9 Å². The van der Waals surface area contributed by atoms with E-state index in [0.29, 0.717) is 11.6 Å². The Balaban J connectivity index is 1.86. The topological polar surface area (TPSA) is 54.9 Å². The predicted octanol–water partition coefficient (Wildman–Crippen LogP) is 3.31. The standard InChI is InChI=1S/C15H16BrN3O/c1-9-3-2-4-12(9)19-15(20)13-6-5-10-7-17-8-11(16)14(10)18-13/h5-9,12H,2-4H2,1H3,(H,19,20). The normalized spacial score (nSPS) is 22.1. The Labute approximate surface area is 126 Å². The molecule has 2 aromatic heterocycles. The molecule has 0 spiro atoms. The van der Waals surface area contributed by atoms with Crippen molar-refractivity contribution in [2.45, 2.75) is 32.2 Å². The van der Waals surface area contributed by atoms with Crippen LogP contribution in [0.5, 0.6) is 0 Å². The third kappa shape index (κ3) is 2.54. The van der Waals surface area contributed by atoms with Crippen LogP contribution in [0.3, 0.4) is 0 Å². The van der Waals surface area contributed by atoms with Crippen LogP contribution in [0, 0.1) is 5.92 Å². The fraction of sp³-hybridized carbons (Fsp3) is 0.400. The number of carbonyl (C=O) groups is 1. The van der Waals surface area contributed by atoms with Gasteiger partial charge in [0.15, 0.2) is 0 Å². The van der Waals surface area contributed by atoms with E-state index in [1.165, 1.54) is 12.8 Å². The zero-order valence-corrected chi connectivity index (χ0v) is 12.9. The van der Waals surface area contributed by atoms with E-state index in [1.54, 1.807) is 18.5 Å². The van der Waals surface area contributed by atoms with Crippen LogP contribution in [0.25, 0.3) is 10.9 Å². The van der Waals surface area contributed by atoms with E-state index >= 15 is 0 Å². The Morgan fingerprint density at radius 2 is 2.20 bits per heavy atom. The van der Waals surface area contributed by atoms with E-state index in [1.807, 2.05) is 6.07 Å². The quantitative estimate of drug-likeness (QED) is 0.917. The second kappa shape index (κ2) is 5.48. The van der Waals surface area contributed by atoms with Gasteiger partial charge in [-0.1, -0.05) is 13.3 Å². The average molecular weight is 334 g/mol. The number of amides is 1. The highest BCUT2D eigenvalue weighted by atomic mass is 79.9. The van der Waals surface area contributed by atoms with Gasteiger partial charge in [-0.15, -0.1) is 0 Å². The molecule has 2 heterocycles. The summed E-state index contributed by atoms with van der Waals surface area (Å²) in [7, 11) is 0. The summed E-state index contributed by atoms with van der Waals surface area (Å²) < 4.78 is 0.805. The van der Waals surface area contributed by atoms with Crippen LogP contribution in [0.1, 0.15) is 36.7 Å². The Hall–Kier alpha value is -1.49. The molecule has 2 atom stereocenters. The molecule has 0 aromatic carbocycles. The minimum Gasteiger partial charge on any atom is -0.348 e. The van der Waals surface area contributed by atoms with Crippen molar-refractivity contribution in [2.24, 2.45) is 5.92 Å². The Kier molecular flexibility index (Phi) is 3.70. The van der Waals surface area contributed by atoms with Gasteiger partial charge in [-0.05, 0) is 46.8 Å². The molecule has 0 bridgehead atoms. The van der Waals surface area contributed by atoms with E-state index in [9.17, 15) is 4.79 Å². The fourth-order valence-corrected chi connectivity index (χ4v) is 3.17. The van der Waals surface area contributed by atoms with Crippen LogP contribution in [0.4, 0.5) is 0 Å². The third-order valence-corrected chi connectivity index (χ3v) is 4.55. The highest BCUT2D eigenvalue weighted by molar-refractivity contribution is 9.10. The van der Waals surface area contributed by atoms with Crippen molar-refractivity contribution < 1.29 is 4.79 Å². The Bertz CT molecular complexity index is 659. The van der Waals surface area contributed by atoms with Crippen molar-refractivity contribution in [3.8, 4) is 0 Å². The minimum atomic E-state index is -0.0886. The number of halogens is 1. The molecule has 1 saturated carbocycles. The van der Waals surface area contributed by atoms with E-state index in [2.05, 4.69) is 38.1 Å². The van der Waals surface area contributed by atoms with Gasteiger partial charge in [0.25, 0.3) is 5.91 Å². The molecule has 20 heavy (non-hydrogen) atoms. The summed E-state index contributed by atoms with van der Waals surface area (Å²) in [6.45, 7) is 2.19. The summed E-state index contributed by atoms with van der Waals surface area (Å²) in [6.07, 6.45) is 6.87. The Morgan fingerprint density at radius 3 is 2.95 bits per heavy atom. The second-order valence-electron chi connectivity index (χ2n) is 5.38. The highest BCUT2D eigenvalue weighted by Gasteiger charge is 2.25. The molecule has 104 valence electrons. The molecule has 2 aromatic rings. The maximum atomic E-state index is 12.3. The van der Waals surface area contributed by atoms with Crippen molar-refractivity contribution >= 4 is 32.7 Å². The molecule has 2 unspecified atom stereocenters. The molecule has 0 radical (unpaired) electrons. The van der Waals surface area contributed by atoms with Crippen LogP contribution in [-0.4, -0.2) is 21.9 Å². The average Bonchev–Trinajstić information content (AvgIpc) is 2.84. The van der Waals surface area contributed by atoms with Gasteiger partial charge < -0.3 is 5.32 Å². The first kappa shape index (κ1) is 13.5. The second-order valence-corrected chi connectivity index (χ2v) is 6.23. The van der Waals surface area contributed by atoms with Gasteiger partial charge in [0.2, 0.25) is 0 Å². The van der Waals surface area contributed by atoms with Gasteiger partial charge in [-0.2, -0.15) is 0 Å². The van der Waals surface area contributed by atoms with Crippen molar-refractivity contribution in [2.75, 3.05) is 0 Å². The van der Waals surface area contributed by atoms with Crippen molar-refractivity contribution in [3.05, 3.63) is 34.7 Å². The van der Waals surface area contributed by atoms with Crippen LogP contribution < -0.4 is 5.32 Å². The fourth-order valence-electron chi connectivity index (χ4n) is 2.74. The third-order valence-electron chi connectivity index (χ3n) is 3.96. The number of carbonyl (C=O) groups excluding carboxylic acids is 1. The molecule has 1 fully saturated rings. The summed E-state index contributed by atoms with van der Waals surface area (Å²) >= 11 is 3.42. The summed E-state index contributed by atoms with van der Waals surface area (Å²) in [4.78, 5) is 20.8. The number of hydrogen-bond acceptors (Lipinski definition) is 3. The molecule has 0 saturated heterocycles. The van der Waals surface area contributed by atoms with Gasteiger partial charge in [0.05, 0.1) is 9.99 Å². The lowest BCUT2D eigenvalue weighted by Gasteiger charge is -2.17. The number of nitrogens with one attached hydrogen (secondary N) is 1. The molecule has 1 amide bonds. The largest absolute Gasteiger partial charge is 0.348 e. The van der Waals surface area contributed by atoms with E-state index in [-0.39, 0.29) is 11.9 Å². The van der Waals surface area contributed by atoms with Gasteiger partial charge in [0.1, 0.15) is 5.69 Å². The summed E-state index contributed by atoms with van der Waals surface area (Å²) in [5.41, 5.74) is 1.23. The SMILES string of the molecule is CC1CCCC1NC(=O)c1ccc2cncc(Br)c2n1. The zero-order valence-electron chi connectivity index (χ0n) is 11.3. The maximum Gasteiger partial charge on any atom is 0.270 e. The smallest absolute Gasteiger partial charge is 0.270 e. The van der Waals surface area contributed by atoms with E-state index < -0.39 is 0 Å². The molecular formula is C15H16BrN3O. The van der Waals surface area contributed by atoms with Crippen LogP contribution in [0.15, 0.2) is 29.0 Å². The number of rotatable bonds is 2. The minimum absolute atomic E-state index is 0.0886. The van der Waals surface area contributed by atoms with Crippen molar-refractivity contribution in [1.29, 1.82) is 0 Å². The van der Waals surface area contributed by atoms with Crippen LogP contribution in [0.2, 0.25) is 0 Å². The molecule has 3 rings (SSSR count). The lowest BCUT2D eigenvalue weighted by molar-refractivity contribution is 0.0925. The van der Waals surface area contributed by atoms with Gasteiger partial charge in [-0.25, -0.2) is 4.98 Å². The number of fused-ring (bicyclic) bond motifs is 1. The molecule has 1 aliphatic carbocycles. The zero-order chi connectivity index (χ0) is 14.1. The van der Waals surface area contributed by atoms with E-state index in [0.717, 1.165) is 21.8 Å². The molecule has 0 aliphatic heterocycles. The first-order valence-electron chi connectivity index (χ1n) is 6.86. The molecule has 1 aliphatic rings. The lowest BCUT2D eigenvalue weighted by atomic mass is 10.1. The highest BCUT2D eigenvalue weighted by Crippen LogP contribution is 2.25. The van der Waals surface area contributed by atoms with Gasteiger partial charge in [-0.3, -0.25) is 9.78 Å². The number of hydrogen-bond donors (Lipinski definition) is 1. The van der Waals surface area contributed by atoms with Crippen LogP contribution in [-0.2, 0) is 0 Å². The molecule has 1 N–H and O–H groups in total. The first-order chi connectivity index (χ1) is 9.65. The molecule has 4 nitrogen and oxygen atoms in total. The monoisotopic (exact) mass is 333 g/mol. The maximum absolute atomic E-state index is 12.3. The first-order valence-corrected chi connectivity index (χ1v) is 7.65. The number of pyridine rings is 2. The predicted molar refractivity (Wildman–Crippen MR) is 81.5 cm³/mol.